The first-order valence-electron chi connectivity index (χ1n) is 6.60. The number of hydrogen-bond donors (Lipinski definition) is 2. The third-order valence-electron chi connectivity index (χ3n) is 3.78. The van der Waals surface area contributed by atoms with Gasteiger partial charge in [-0.2, -0.15) is 0 Å². The highest BCUT2D eigenvalue weighted by molar-refractivity contribution is 5.44. The summed E-state index contributed by atoms with van der Waals surface area (Å²) in [5, 5.41) is 3.30. The topological polar surface area (TPSA) is 50.9 Å². The minimum Gasteiger partial charge on any atom is -0.383 e. The predicted octanol–water partition coefficient (Wildman–Crippen LogP) is 3.04. The Hall–Kier alpha value is -1.94. The minimum atomic E-state index is -0.250. The van der Waals surface area contributed by atoms with Gasteiger partial charge in [0.05, 0.1) is 0 Å². The number of likely N-dealkylation sites (N-methyl/N-ethyl adjacent to an activating group) is 1. The molecule has 1 heterocycles. The zero-order valence-electron chi connectivity index (χ0n) is 12.0. The molecule has 1 atom stereocenters. The fraction of sp³-hybridized carbons (Fsp3) is 0.312. The number of pyridine rings is 1. The van der Waals surface area contributed by atoms with Crippen LogP contribution in [0.15, 0.2) is 42.6 Å². The lowest BCUT2D eigenvalue weighted by atomic mass is 9.75. The summed E-state index contributed by atoms with van der Waals surface area (Å²) >= 11 is 0. The van der Waals surface area contributed by atoms with Gasteiger partial charge < -0.3 is 11.1 Å². The van der Waals surface area contributed by atoms with Gasteiger partial charge in [-0.25, -0.2) is 9.37 Å². The molecule has 3 nitrogen and oxygen atoms in total. The highest BCUT2D eigenvalue weighted by Crippen LogP contribution is 2.38. The van der Waals surface area contributed by atoms with E-state index in [2.05, 4.69) is 24.1 Å². The van der Waals surface area contributed by atoms with Crippen molar-refractivity contribution in [1.82, 2.24) is 10.3 Å². The third-order valence-corrected chi connectivity index (χ3v) is 3.78. The summed E-state index contributed by atoms with van der Waals surface area (Å²) in [6.07, 6.45) is 1.68. The Labute approximate surface area is 119 Å². The van der Waals surface area contributed by atoms with Gasteiger partial charge in [-0.1, -0.05) is 32.0 Å². The number of rotatable bonds is 4. The van der Waals surface area contributed by atoms with Crippen molar-refractivity contribution in [3.05, 3.63) is 59.5 Å². The summed E-state index contributed by atoms with van der Waals surface area (Å²) in [4.78, 5) is 4.15. The van der Waals surface area contributed by atoms with Crippen LogP contribution in [0.3, 0.4) is 0 Å². The van der Waals surface area contributed by atoms with E-state index in [-0.39, 0.29) is 17.3 Å². The summed E-state index contributed by atoms with van der Waals surface area (Å²) in [5.74, 6) is 0.286. The van der Waals surface area contributed by atoms with Crippen LogP contribution in [-0.2, 0) is 5.41 Å². The molecule has 0 aliphatic carbocycles. The van der Waals surface area contributed by atoms with E-state index in [0.29, 0.717) is 5.82 Å². The Morgan fingerprint density at radius 3 is 2.40 bits per heavy atom. The number of nitrogens with zero attached hydrogens (tertiary/aromatic N) is 1. The molecule has 20 heavy (non-hydrogen) atoms. The SMILES string of the molecule is CNC(c1cccnc1N)C(C)(C)c1ccc(F)cc1. The number of nitrogens with one attached hydrogen (secondary N) is 1. The summed E-state index contributed by atoms with van der Waals surface area (Å²) in [7, 11) is 1.89. The quantitative estimate of drug-likeness (QED) is 0.900. The third kappa shape index (κ3) is 2.65. The zero-order valence-corrected chi connectivity index (χ0v) is 12.0. The predicted molar refractivity (Wildman–Crippen MR) is 79.9 cm³/mol. The molecule has 0 fully saturated rings. The number of hydrogen-bond acceptors (Lipinski definition) is 3. The molecular formula is C16H20FN3. The van der Waals surface area contributed by atoms with Crippen molar-refractivity contribution in [2.75, 3.05) is 12.8 Å². The molecule has 0 aliphatic heterocycles. The number of nitrogen functional groups attached to an aromatic ring is 1. The number of benzene rings is 1. The van der Waals surface area contributed by atoms with Gasteiger partial charge in [-0.15, -0.1) is 0 Å². The van der Waals surface area contributed by atoms with E-state index < -0.39 is 0 Å². The van der Waals surface area contributed by atoms with E-state index in [1.165, 1.54) is 12.1 Å². The molecule has 1 unspecified atom stereocenters. The van der Waals surface area contributed by atoms with Gasteiger partial charge in [0.1, 0.15) is 11.6 Å². The van der Waals surface area contributed by atoms with Crippen molar-refractivity contribution in [3.8, 4) is 0 Å². The lowest BCUT2D eigenvalue weighted by Crippen LogP contribution is -2.36. The van der Waals surface area contributed by atoms with Crippen molar-refractivity contribution in [2.45, 2.75) is 25.3 Å². The Balaban J connectivity index is 2.44. The van der Waals surface area contributed by atoms with Crippen LogP contribution in [0.1, 0.15) is 31.0 Å². The van der Waals surface area contributed by atoms with E-state index in [1.807, 2.05) is 31.3 Å². The summed E-state index contributed by atoms with van der Waals surface area (Å²) in [6.45, 7) is 4.21. The van der Waals surface area contributed by atoms with Crippen molar-refractivity contribution in [3.63, 3.8) is 0 Å². The van der Waals surface area contributed by atoms with Gasteiger partial charge in [0.25, 0.3) is 0 Å². The van der Waals surface area contributed by atoms with E-state index in [1.54, 1.807) is 6.20 Å². The molecule has 2 aromatic rings. The van der Waals surface area contributed by atoms with E-state index >= 15 is 0 Å². The van der Waals surface area contributed by atoms with Crippen LogP contribution in [0.25, 0.3) is 0 Å². The minimum absolute atomic E-state index is 0.0124. The molecule has 0 radical (unpaired) electrons. The normalized spacial score (nSPS) is 13.2. The van der Waals surface area contributed by atoms with Gasteiger partial charge in [0.2, 0.25) is 0 Å². The van der Waals surface area contributed by atoms with Gasteiger partial charge in [0.15, 0.2) is 0 Å². The Morgan fingerprint density at radius 1 is 1.20 bits per heavy atom. The highest BCUT2D eigenvalue weighted by atomic mass is 19.1. The first kappa shape index (κ1) is 14.5. The molecule has 0 aliphatic rings. The second kappa shape index (κ2) is 5.59. The molecule has 1 aromatic carbocycles. The Kier molecular flexibility index (Phi) is 4.04. The lowest BCUT2D eigenvalue weighted by molar-refractivity contribution is 0.368. The summed E-state index contributed by atoms with van der Waals surface area (Å²) in [6, 6.07) is 10.4. The van der Waals surface area contributed by atoms with Gasteiger partial charge in [0, 0.05) is 23.2 Å². The number of anilines is 1. The maximum atomic E-state index is 13.1. The molecule has 106 valence electrons. The molecule has 2 rings (SSSR count). The highest BCUT2D eigenvalue weighted by Gasteiger charge is 2.32. The molecular weight excluding hydrogens is 253 g/mol. The maximum absolute atomic E-state index is 13.1. The average Bonchev–Trinajstić information content (AvgIpc) is 2.42. The smallest absolute Gasteiger partial charge is 0.128 e. The molecule has 1 aromatic heterocycles. The molecule has 3 N–H and O–H groups in total. The zero-order chi connectivity index (χ0) is 14.8. The van der Waals surface area contributed by atoms with E-state index in [4.69, 9.17) is 5.73 Å². The number of halogens is 1. The van der Waals surface area contributed by atoms with Crippen LogP contribution in [0.4, 0.5) is 10.2 Å². The van der Waals surface area contributed by atoms with E-state index in [9.17, 15) is 4.39 Å². The fourth-order valence-electron chi connectivity index (χ4n) is 2.63. The Morgan fingerprint density at radius 2 is 1.85 bits per heavy atom. The molecule has 4 heteroatoms. The van der Waals surface area contributed by atoms with Crippen LogP contribution in [-0.4, -0.2) is 12.0 Å². The van der Waals surface area contributed by atoms with E-state index in [0.717, 1.165) is 11.1 Å². The second-order valence-electron chi connectivity index (χ2n) is 5.43. The fourth-order valence-corrected chi connectivity index (χ4v) is 2.63. The summed E-state index contributed by atoms with van der Waals surface area (Å²) < 4.78 is 13.1. The molecule has 0 saturated heterocycles. The molecule has 0 spiro atoms. The van der Waals surface area contributed by atoms with Crippen molar-refractivity contribution in [1.29, 1.82) is 0 Å². The van der Waals surface area contributed by atoms with Crippen LogP contribution in [0.5, 0.6) is 0 Å². The van der Waals surface area contributed by atoms with Gasteiger partial charge in [-0.3, -0.25) is 0 Å². The van der Waals surface area contributed by atoms with Crippen LogP contribution < -0.4 is 11.1 Å². The molecule has 0 saturated carbocycles. The monoisotopic (exact) mass is 273 g/mol. The largest absolute Gasteiger partial charge is 0.383 e. The first-order chi connectivity index (χ1) is 9.46. The average molecular weight is 273 g/mol. The number of nitrogens with two attached hydrogens (primary N) is 1. The molecule has 0 bridgehead atoms. The molecule has 0 amide bonds. The van der Waals surface area contributed by atoms with Crippen molar-refractivity contribution < 1.29 is 4.39 Å². The summed E-state index contributed by atoms with van der Waals surface area (Å²) in [5.41, 5.74) is 7.73. The first-order valence-corrected chi connectivity index (χ1v) is 6.60. The van der Waals surface area contributed by atoms with Crippen LogP contribution in [0, 0.1) is 5.82 Å². The number of aromatic nitrogens is 1. The standard InChI is InChI=1S/C16H20FN3/c1-16(2,11-6-8-12(17)9-7-11)14(19-3)13-5-4-10-20-15(13)18/h4-10,14,19H,1-3H3,(H2,18,20). The van der Waals surface area contributed by atoms with Crippen molar-refractivity contribution >= 4 is 5.82 Å². The van der Waals surface area contributed by atoms with Crippen LogP contribution in [0.2, 0.25) is 0 Å². The van der Waals surface area contributed by atoms with Crippen LogP contribution >= 0.6 is 0 Å². The Bertz CT molecular complexity index is 579. The van der Waals surface area contributed by atoms with Gasteiger partial charge in [-0.05, 0) is 30.8 Å². The van der Waals surface area contributed by atoms with Crippen molar-refractivity contribution in [2.24, 2.45) is 0 Å². The lowest BCUT2D eigenvalue weighted by Gasteiger charge is -2.35. The van der Waals surface area contributed by atoms with Gasteiger partial charge >= 0.3 is 0 Å². The second-order valence-corrected chi connectivity index (χ2v) is 5.43. The maximum Gasteiger partial charge on any atom is 0.128 e.